The van der Waals surface area contributed by atoms with E-state index in [0.717, 1.165) is 16.9 Å². The first kappa shape index (κ1) is 8.59. The molecule has 0 fully saturated rings. The summed E-state index contributed by atoms with van der Waals surface area (Å²) in [6.45, 7) is 1.98. The number of ether oxygens (including phenoxy) is 1. The summed E-state index contributed by atoms with van der Waals surface area (Å²) >= 11 is 0. The Kier molecular flexibility index (Phi) is 2.69. The van der Waals surface area contributed by atoms with Gasteiger partial charge in [0.2, 0.25) is 0 Å². The fourth-order valence-corrected chi connectivity index (χ4v) is 1.14. The minimum Gasteiger partial charge on any atom is -0.496 e. The lowest BCUT2D eigenvalue weighted by Gasteiger charge is -2.06. The van der Waals surface area contributed by atoms with E-state index in [2.05, 4.69) is 5.10 Å². The van der Waals surface area contributed by atoms with Gasteiger partial charge in [0, 0.05) is 5.56 Å². The Bertz CT molecular complexity index is 295. The smallest absolute Gasteiger partial charge is 0.130 e. The molecule has 2 N–H and O–H groups in total. The van der Waals surface area contributed by atoms with Gasteiger partial charge in [0.05, 0.1) is 13.3 Å². The van der Waals surface area contributed by atoms with Crippen molar-refractivity contribution >= 4 is 6.21 Å². The van der Waals surface area contributed by atoms with E-state index in [4.69, 9.17) is 10.6 Å². The van der Waals surface area contributed by atoms with E-state index >= 15 is 0 Å². The Morgan fingerprint density at radius 2 is 2.25 bits per heavy atom. The van der Waals surface area contributed by atoms with Gasteiger partial charge in [-0.05, 0) is 18.6 Å². The molecule has 0 aliphatic carbocycles. The minimum atomic E-state index is 0.826. The molecule has 0 atom stereocenters. The molecule has 0 amide bonds. The van der Waals surface area contributed by atoms with Crippen LogP contribution in [0.2, 0.25) is 0 Å². The van der Waals surface area contributed by atoms with Crippen molar-refractivity contribution in [3.63, 3.8) is 0 Å². The molecule has 0 heterocycles. The van der Waals surface area contributed by atoms with Crippen molar-refractivity contribution in [3.8, 4) is 5.75 Å². The van der Waals surface area contributed by atoms with E-state index in [1.165, 1.54) is 0 Å². The van der Waals surface area contributed by atoms with Crippen LogP contribution in [0.1, 0.15) is 11.1 Å². The Morgan fingerprint density at radius 1 is 1.50 bits per heavy atom. The number of methoxy groups -OCH3 is 1. The highest BCUT2D eigenvalue weighted by atomic mass is 16.5. The van der Waals surface area contributed by atoms with Crippen molar-refractivity contribution in [2.45, 2.75) is 6.92 Å². The largest absolute Gasteiger partial charge is 0.496 e. The van der Waals surface area contributed by atoms with Gasteiger partial charge in [0.25, 0.3) is 0 Å². The number of nitrogens with zero attached hydrogens (tertiary/aromatic N) is 1. The van der Waals surface area contributed by atoms with Crippen LogP contribution in [0.15, 0.2) is 23.3 Å². The van der Waals surface area contributed by atoms with Crippen LogP contribution in [0.4, 0.5) is 0 Å². The Morgan fingerprint density at radius 3 is 2.83 bits per heavy atom. The summed E-state index contributed by atoms with van der Waals surface area (Å²) < 4.78 is 5.18. The first-order valence-electron chi connectivity index (χ1n) is 3.66. The van der Waals surface area contributed by atoms with Gasteiger partial charge < -0.3 is 10.6 Å². The number of benzene rings is 1. The van der Waals surface area contributed by atoms with E-state index < -0.39 is 0 Å². The maximum Gasteiger partial charge on any atom is 0.130 e. The van der Waals surface area contributed by atoms with Crippen molar-refractivity contribution in [3.05, 3.63) is 29.3 Å². The third-order valence-electron chi connectivity index (χ3n) is 1.66. The number of para-hydroxylation sites is 1. The highest BCUT2D eigenvalue weighted by Crippen LogP contribution is 2.20. The molecule has 1 aromatic rings. The quantitative estimate of drug-likeness (QED) is 0.407. The number of hydrogen-bond acceptors (Lipinski definition) is 3. The van der Waals surface area contributed by atoms with E-state index in [1.807, 2.05) is 25.1 Å². The molecule has 12 heavy (non-hydrogen) atoms. The number of aryl methyl sites for hydroxylation is 1. The van der Waals surface area contributed by atoms with Gasteiger partial charge in [-0.2, -0.15) is 5.10 Å². The second-order valence-corrected chi connectivity index (χ2v) is 2.48. The number of nitrogens with two attached hydrogens (primary N) is 1. The zero-order valence-corrected chi connectivity index (χ0v) is 7.24. The summed E-state index contributed by atoms with van der Waals surface area (Å²) in [5.74, 6) is 5.87. The molecule has 3 heteroatoms. The first-order valence-corrected chi connectivity index (χ1v) is 3.66. The zero-order valence-electron chi connectivity index (χ0n) is 7.24. The van der Waals surface area contributed by atoms with Crippen LogP contribution in [0.5, 0.6) is 5.75 Å². The van der Waals surface area contributed by atoms with E-state index in [9.17, 15) is 0 Å². The monoisotopic (exact) mass is 164 g/mol. The average Bonchev–Trinajstić information content (AvgIpc) is 2.05. The van der Waals surface area contributed by atoms with Crippen LogP contribution in [-0.4, -0.2) is 13.3 Å². The zero-order chi connectivity index (χ0) is 8.97. The highest BCUT2D eigenvalue weighted by Gasteiger charge is 2.01. The summed E-state index contributed by atoms with van der Waals surface area (Å²) in [6, 6.07) is 5.82. The molecule has 0 aromatic heterocycles. The molecule has 0 aliphatic rings. The molecular formula is C9H12N2O. The molecule has 0 saturated heterocycles. The van der Waals surface area contributed by atoms with E-state index in [0.29, 0.717) is 0 Å². The molecule has 0 saturated carbocycles. The molecule has 0 bridgehead atoms. The summed E-state index contributed by atoms with van der Waals surface area (Å²) in [4.78, 5) is 0. The van der Waals surface area contributed by atoms with Crippen molar-refractivity contribution in [1.29, 1.82) is 0 Å². The number of hydrogen-bond donors (Lipinski definition) is 1. The Balaban J connectivity index is 3.18. The molecule has 0 unspecified atom stereocenters. The lowest BCUT2D eigenvalue weighted by atomic mass is 10.1. The number of rotatable bonds is 2. The summed E-state index contributed by atoms with van der Waals surface area (Å²) in [7, 11) is 1.64. The van der Waals surface area contributed by atoms with Crippen molar-refractivity contribution in [2.75, 3.05) is 7.11 Å². The second kappa shape index (κ2) is 3.76. The van der Waals surface area contributed by atoms with Crippen LogP contribution in [0, 0.1) is 6.92 Å². The minimum absolute atomic E-state index is 0.826. The average molecular weight is 164 g/mol. The van der Waals surface area contributed by atoms with Gasteiger partial charge in [0.1, 0.15) is 5.75 Å². The standard InChI is InChI=1S/C9H12N2O/c1-7-4-3-5-8(6-11-10)9(7)12-2/h3-6H,10H2,1-2H3. The van der Waals surface area contributed by atoms with Crippen LogP contribution in [0.3, 0.4) is 0 Å². The van der Waals surface area contributed by atoms with Crippen LogP contribution >= 0.6 is 0 Å². The molecule has 1 aromatic carbocycles. The van der Waals surface area contributed by atoms with E-state index in [1.54, 1.807) is 13.3 Å². The highest BCUT2D eigenvalue weighted by molar-refractivity contribution is 5.83. The molecule has 64 valence electrons. The van der Waals surface area contributed by atoms with Crippen molar-refractivity contribution in [2.24, 2.45) is 10.9 Å². The maximum atomic E-state index is 5.18. The third-order valence-corrected chi connectivity index (χ3v) is 1.66. The number of hydrazone groups is 1. The lowest BCUT2D eigenvalue weighted by molar-refractivity contribution is 0.411. The van der Waals surface area contributed by atoms with Crippen LogP contribution in [0.25, 0.3) is 0 Å². The van der Waals surface area contributed by atoms with Crippen LogP contribution in [-0.2, 0) is 0 Å². The van der Waals surface area contributed by atoms with Crippen molar-refractivity contribution in [1.82, 2.24) is 0 Å². The van der Waals surface area contributed by atoms with Gasteiger partial charge in [-0.15, -0.1) is 0 Å². The predicted octanol–water partition coefficient (Wildman–Crippen LogP) is 1.30. The summed E-state index contributed by atoms with van der Waals surface area (Å²) in [5.41, 5.74) is 1.98. The second-order valence-electron chi connectivity index (χ2n) is 2.48. The fraction of sp³-hybridized carbons (Fsp3) is 0.222. The van der Waals surface area contributed by atoms with Gasteiger partial charge in [-0.1, -0.05) is 12.1 Å². The molecule has 0 spiro atoms. The normalized spacial score (nSPS) is 10.5. The molecule has 1 rings (SSSR count). The summed E-state index contributed by atoms with van der Waals surface area (Å²) in [5, 5.41) is 3.45. The lowest BCUT2D eigenvalue weighted by Crippen LogP contribution is -1.94. The molecule has 0 radical (unpaired) electrons. The van der Waals surface area contributed by atoms with Gasteiger partial charge in [-0.25, -0.2) is 0 Å². The SMILES string of the molecule is COc1c(C)cccc1C=NN. The van der Waals surface area contributed by atoms with Gasteiger partial charge in [-0.3, -0.25) is 0 Å². The summed E-state index contributed by atoms with van der Waals surface area (Å²) in [6.07, 6.45) is 1.58. The first-order chi connectivity index (χ1) is 5.79. The maximum absolute atomic E-state index is 5.18. The molecule has 0 aliphatic heterocycles. The third kappa shape index (κ3) is 1.56. The van der Waals surface area contributed by atoms with Crippen LogP contribution < -0.4 is 10.6 Å². The van der Waals surface area contributed by atoms with Gasteiger partial charge in [0.15, 0.2) is 0 Å². The predicted molar refractivity (Wildman–Crippen MR) is 49.5 cm³/mol. The molecule has 3 nitrogen and oxygen atoms in total. The Hall–Kier alpha value is -1.51. The fourth-order valence-electron chi connectivity index (χ4n) is 1.14. The van der Waals surface area contributed by atoms with Gasteiger partial charge >= 0.3 is 0 Å². The molecular weight excluding hydrogens is 152 g/mol. The van der Waals surface area contributed by atoms with Crippen molar-refractivity contribution < 1.29 is 4.74 Å². The topological polar surface area (TPSA) is 47.6 Å². The Labute approximate surface area is 71.8 Å². The van der Waals surface area contributed by atoms with E-state index in [-0.39, 0.29) is 0 Å².